The summed E-state index contributed by atoms with van der Waals surface area (Å²) in [6, 6.07) is 5.86. The van der Waals surface area contributed by atoms with E-state index < -0.39 is 11.9 Å². The molecular weight excluding hydrogens is 299 g/mol. The van der Waals surface area contributed by atoms with Gasteiger partial charge in [0.25, 0.3) is 0 Å². The Hall–Kier alpha value is -1.95. The van der Waals surface area contributed by atoms with E-state index in [9.17, 15) is 14.0 Å². The van der Waals surface area contributed by atoms with Crippen molar-refractivity contribution >= 4 is 11.9 Å². The summed E-state index contributed by atoms with van der Waals surface area (Å²) in [6.07, 6.45) is 0. The van der Waals surface area contributed by atoms with Crippen molar-refractivity contribution in [3.63, 3.8) is 0 Å². The van der Waals surface area contributed by atoms with E-state index in [0.29, 0.717) is 6.54 Å². The average molecular weight is 324 g/mol. The van der Waals surface area contributed by atoms with Gasteiger partial charge in [0.2, 0.25) is 5.91 Å². The van der Waals surface area contributed by atoms with Crippen LogP contribution in [0.5, 0.6) is 0 Å². The molecule has 0 aromatic heterocycles. The van der Waals surface area contributed by atoms with E-state index in [2.05, 4.69) is 5.32 Å². The second kappa shape index (κ2) is 8.62. The fourth-order valence-corrected chi connectivity index (χ4v) is 2.38. The van der Waals surface area contributed by atoms with Crippen LogP contribution in [0.2, 0.25) is 0 Å². The largest absolute Gasteiger partial charge is 0.481 e. The van der Waals surface area contributed by atoms with Crippen molar-refractivity contribution in [3.8, 4) is 0 Å². The Labute approximate surface area is 136 Å². The van der Waals surface area contributed by atoms with Crippen molar-refractivity contribution in [1.29, 1.82) is 0 Å². The molecule has 1 amide bonds. The van der Waals surface area contributed by atoms with Crippen molar-refractivity contribution < 1.29 is 19.1 Å². The quantitative estimate of drug-likeness (QED) is 0.770. The lowest BCUT2D eigenvalue weighted by atomic mass is 9.96. The molecule has 2 atom stereocenters. The number of rotatable bonds is 8. The highest BCUT2D eigenvalue weighted by Gasteiger charge is 2.20. The molecule has 0 spiro atoms. The lowest BCUT2D eigenvalue weighted by molar-refractivity contribution is -0.142. The van der Waals surface area contributed by atoms with E-state index >= 15 is 0 Å². The molecule has 0 saturated heterocycles. The summed E-state index contributed by atoms with van der Waals surface area (Å²) in [6.45, 7) is 5.97. The molecule has 0 bridgehead atoms. The van der Waals surface area contributed by atoms with Gasteiger partial charge in [0.05, 0.1) is 18.5 Å². The minimum Gasteiger partial charge on any atom is -0.481 e. The van der Waals surface area contributed by atoms with Gasteiger partial charge in [-0.2, -0.15) is 0 Å². The highest BCUT2D eigenvalue weighted by Crippen LogP contribution is 2.21. The highest BCUT2D eigenvalue weighted by molar-refractivity contribution is 5.78. The number of nitrogens with zero attached hydrogens (tertiary/aromatic N) is 1. The van der Waals surface area contributed by atoms with Crippen LogP contribution in [-0.4, -0.2) is 42.0 Å². The third-order valence-corrected chi connectivity index (χ3v) is 3.63. The van der Waals surface area contributed by atoms with Gasteiger partial charge in [0.1, 0.15) is 5.82 Å². The van der Waals surface area contributed by atoms with Gasteiger partial charge in [0.15, 0.2) is 0 Å². The van der Waals surface area contributed by atoms with Crippen molar-refractivity contribution in [3.05, 3.63) is 35.6 Å². The highest BCUT2D eigenvalue weighted by atomic mass is 19.1. The molecule has 6 heteroatoms. The van der Waals surface area contributed by atoms with E-state index in [4.69, 9.17) is 5.11 Å². The van der Waals surface area contributed by atoms with Crippen LogP contribution in [0.4, 0.5) is 4.39 Å². The molecule has 1 aromatic carbocycles. The van der Waals surface area contributed by atoms with Crippen LogP contribution in [-0.2, 0) is 9.59 Å². The van der Waals surface area contributed by atoms with Crippen molar-refractivity contribution in [2.75, 3.05) is 20.1 Å². The molecule has 0 radical (unpaired) electrons. The zero-order valence-electron chi connectivity index (χ0n) is 14.0. The maximum Gasteiger partial charge on any atom is 0.307 e. The summed E-state index contributed by atoms with van der Waals surface area (Å²) < 4.78 is 13.0. The zero-order valence-corrected chi connectivity index (χ0v) is 14.0. The molecule has 0 aliphatic rings. The SMILES string of the molecule is CC(CN(C)CC(=O)NC(c1ccc(F)cc1)C(C)C)C(=O)O. The molecule has 2 unspecified atom stereocenters. The number of halogens is 1. The van der Waals surface area contributed by atoms with E-state index in [1.165, 1.54) is 12.1 Å². The first kappa shape index (κ1) is 19.1. The second-order valence-corrected chi connectivity index (χ2v) is 6.28. The third-order valence-electron chi connectivity index (χ3n) is 3.63. The molecule has 0 aliphatic heterocycles. The number of amides is 1. The molecular formula is C17H25FN2O3. The second-order valence-electron chi connectivity index (χ2n) is 6.28. The van der Waals surface area contributed by atoms with Crippen LogP contribution in [0.15, 0.2) is 24.3 Å². The number of hydrogen-bond acceptors (Lipinski definition) is 3. The Morgan fingerprint density at radius 1 is 1.22 bits per heavy atom. The van der Waals surface area contributed by atoms with Gasteiger partial charge < -0.3 is 10.4 Å². The number of benzene rings is 1. The van der Waals surface area contributed by atoms with Gasteiger partial charge in [0, 0.05) is 6.54 Å². The molecule has 2 N–H and O–H groups in total. The molecule has 0 aliphatic carbocycles. The van der Waals surface area contributed by atoms with E-state index in [0.717, 1.165) is 5.56 Å². The third kappa shape index (κ3) is 6.36. The van der Waals surface area contributed by atoms with Gasteiger partial charge in [-0.15, -0.1) is 0 Å². The summed E-state index contributed by atoms with van der Waals surface area (Å²) in [5.41, 5.74) is 0.844. The molecule has 23 heavy (non-hydrogen) atoms. The van der Waals surface area contributed by atoms with Gasteiger partial charge in [-0.1, -0.05) is 32.9 Å². The molecule has 0 saturated carbocycles. The van der Waals surface area contributed by atoms with Crippen LogP contribution in [0.3, 0.4) is 0 Å². The average Bonchev–Trinajstić information content (AvgIpc) is 2.45. The lowest BCUT2D eigenvalue weighted by Crippen LogP contribution is -2.40. The van der Waals surface area contributed by atoms with E-state index in [1.54, 1.807) is 31.0 Å². The van der Waals surface area contributed by atoms with Crippen LogP contribution < -0.4 is 5.32 Å². The first-order valence-corrected chi connectivity index (χ1v) is 7.67. The summed E-state index contributed by atoms with van der Waals surface area (Å²) in [4.78, 5) is 24.7. The molecule has 1 rings (SSSR count). The number of hydrogen-bond donors (Lipinski definition) is 2. The van der Waals surface area contributed by atoms with Gasteiger partial charge in [-0.25, -0.2) is 4.39 Å². The number of nitrogens with one attached hydrogen (secondary N) is 1. The summed E-state index contributed by atoms with van der Waals surface area (Å²) in [7, 11) is 1.71. The first-order chi connectivity index (χ1) is 10.7. The van der Waals surface area contributed by atoms with E-state index in [-0.39, 0.29) is 30.2 Å². The molecule has 0 fully saturated rings. The predicted molar refractivity (Wildman–Crippen MR) is 86.4 cm³/mol. The topological polar surface area (TPSA) is 69.6 Å². The molecule has 0 heterocycles. The van der Waals surface area contributed by atoms with Crippen LogP contribution in [0, 0.1) is 17.7 Å². The lowest BCUT2D eigenvalue weighted by Gasteiger charge is -2.25. The van der Waals surface area contributed by atoms with E-state index in [1.807, 2.05) is 13.8 Å². The van der Waals surface area contributed by atoms with Crippen LogP contribution in [0.25, 0.3) is 0 Å². The maximum absolute atomic E-state index is 13.0. The summed E-state index contributed by atoms with van der Waals surface area (Å²) in [5, 5.41) is 11.8. The van der Waals surface area contributed by atoms with Crippen molar-refractivity contribution in [2.24, 2.45) is 11.8 Å². The minimum absolute atomic E-state index is 0.113. The number of carbonyl (C=O) groups is 2. The number of carboxylic acid groups (broad SMARTS) is 1. The maximum atomic E-state index is 13.0. The zero-order chi connectivity index (χ0) is 17.6. The van der Waals surface area contributed by atoms with Crippen molar-refractivity contribution in [2.45, 2.75) is 26.8 Å². The van der Waals surface area contributed by atoms with Crippen molar-refractivity contribution in [1.82, 2.24) is 10.2 Å². The van der Waals surface area contributed by atoms with Gasteiger partial charge in [-0.3, -0.25) is 14.5 Å². The Balaban J connectivity index is 2.64. The molecule has 1 aromatic rings. The number of likely N-dealkylation sites (N-methyl/N-ethyl adjacent to an activating group) is 1. The Bertz CT molecular complexity index is 531. The normalized spacial score (nSPS) is 13.9. The molecule has 5 nitrogen and oxygen atoms in total. The number of carbonyl (C=O) groups excluding carboxylic acids is 1. The number of carboxylic acids is 1. The fraction of sp³-hybridized carbons (Fsp3) is 0.529. The Morgan fingerprint density at radius 3 is 2.26 bits per heavy atom. The first-order valence-electron chi connectivity index (χ1n) is 7.67. The predicted octanol–water partition coefficient (Wildman–Crippen LogP) is 2.29. The number of aliphatic carboxylic acids is 1. The standard InChI is InChI=1S/C17H25FN2O3/c1-11(2)16(13-5-7-14(18)8-6-13)19-15(21)10-20(4)9-12(3)17(22)23/h5-8,11-12,16H,9-10H2,1-4H3,(H,19,21)(H,22,23). The summed E-state index contributed by atoms with van der Waals surface area (Å²) >= 11 is 0. The Morgan fingerprint density at radius 2 is 1.78 bits per heavy atom. The Kier molecular flexibility index (Phi) is 7.16. The molecule has 128 valence electrons. The van der Waals surface area contributed by atoms with Gasteiger partial charge in [-0.05, 0) is 30.7 Å². The minimum atomic E-state index is -0.886. The summed E-state index contributed by atoms with van der Waals surface area (Å²) in [5.74, 6) is -1.78. The monoisotopic (exact) mass is 324 g/mol. The van der Waals surface area contributed by atoms with Crippen LogP contribution in [0.1, 0.15) is 32.4 Å². The van der Waals surface area contributed by atoms with Crippen LogP contribution >= 0.6 is 0 Å². The van der Waals surface area contributed by atoms with Gasteiger partial charge >= 0.3 is 5.97 Å². The fourth-order valence-electron chi connectivity index (χ4n) is 2.38. The smallest absolute Gasteiger partial charge is 0.307 e.